The average Bonchev–Trinajstić information content (AvgIpc) is 2.24. The molecule has 0 bridgehead atoms. The van der Waals surface area contributed by atoms with E-state index in [4.69, 9.17) is 4.74 Å². The van der Waals surface area contributed by atoms with Crippen LogP contribution in [0, 0.1) is 3.57 Å². The summed E-state index contributed by atoms with van der Waals surface area (Å²) in [7, 11) is 1.58. The van der Waals surface area contributed by atoms with Gasteiger partial charge in [0.25, 0.3) is 0 Å². The van der Waals surface area contributed by atoms with E-state index in [1.807, 2.05) is 34.7 Å². The Morgan fingerprint density at radius 3 is 2.87 bits per heavy atom. The average molecular weight is 380 g/mol. The lowest BCUT2D eigenvalue weighted by atomic mass is 10.2. The minimum atomic E-state index is 0.00938. The molecule has 2 aromatic rings. The first kappa shape index (κ1) is 10.9. The van der Waals surface area contributed by atoms with Crippen LogP contribution < -0.4 is 10.2 Å². The monoisotopic (exact) mass is 379 g/mol. The van der Waals surface area contributed by atoms with Gasteiger partial charge >= 0.3 is 0 Å². The van der Waals surface area contributed by atoms with E-state index in [2.05, 4.69) is 20.9 Å². The standard InChI is InChI=1S/C10H7BrINO2/c1-15-7-3-2-5(11)8-9(7)13-4-6(12)10(8)14/h2-4H,1H3,(H,13,14). The normalized spacial score (nSPS) is 10.6. The molecule has 0 amide bonds. The third kappa shape index (κ3) is 1.78. The van der Waals surface area contributed by atoms with E-state index >= 15 is 0 Å². The number of halogens is 2. The van der Waals surface area contributed by atoms with Crippen LogP contribution in [-0.2, 0) is 0 Å². The number of hydrogen-bond donors (Lipinski definition) is 1. The summed E-state index contributed by atoms with van der Waals surface area (Å²) in [6.07, 6.45) is 1.68. The molecule has 1 aromatic carbocycles. The summed E-state index contributed by atoms with van der Waals surface area (Å²) in [6, 6.07) is 3.63. The van der Waals surface area contributed by atoms with Gasteiger partial charge in [-0.05, 0) is 50.7 Å². The minimum absolute atomic E-state index is 0.00938. The fourth-order valence-corrected chi connectivity index (χ4v) is 2.35. The number of aromatic amines is 1. The lowest BCUT2D eigenvalue weighted by Crippen LogP contribution is -2.07. The Kier molecular flexibility index (Phi) is 3.01. The summed E-state index contributed by atoms with van der Waals surface area (Å²) < 4.78 is 6.62. The highest BCUT2D eigenvalue weighted by atomic mass is 127. The summed E-state index contributed by atoms with van der Waals surface area (Å²) in [5, 5.41) is 0.626. The summed E-state index contributed by atoms with van der Waals surface area (Å²) >= 11 is 5.37. The van der Waals surface area contributed by atoms with Crippen molar-refractivity contribution in [3.05, 3.63) is 36.6 Å². The molecule has 1 heterocycles. The molecule has 15 heavy (non-hydrogen) atoms. The molecule has 0 saturated carbocycles. The van der Waals surface area contributed by atoms with E-state index in [1.165, 1.54) is 0 Å². The number of benzene rings is 1. The Morgan fingerprint density at radius 1 is 1.47 bits per heavy atom. The Morgan fingerprint density at radius 2 is 2.20 bits per heavy atom. The van der Waals surface area contributed by atoms with Crippen molar-refractivity contribution in [1.29, 1.82) is 0 Å². The molecule has 0 aliphatic rings. The van der Waals surface area contributed by atoms with Gasteiger partial charge in [0.1, 0.15) is 5.75 Å². The highest BCUT2D eigenvalue weighted by Gasteiger charge is 2.10. The second-order valence-corrected chi connectivity index (χ2v) is 4.98. The molecule has 0 aliphatic carbocycles. The van der Waals surface area contributed by atoms with E-state index in [9.17, 15) is 4.79 Å². The summed E-state index contributed by atoms with van der Waals surface area (Å²) in [5.41, 5.74) is 0.729. The second kappa shape index (κ2) is 4.13. The van der Waals surface area contributed by atoms with Gasteiger partial charge < -0.3 is 9.72 Å². The molecule has 0 radical (unpaired) electrons. The van der Waals surface area contributed by atoms with Gasteiger partial charge in [-0.3, -0.25) is 4.79 Å². The predicted molar refractivity (Wildman–Crippen MR) is 71.5 cm³/mol. The van der Waals surface area contributed by atoms with Gasteiger partial charge in [0.15, 0.2) is 0 Å². The Hall–Kier alpha value is -0.560. The van der Waals surface area contributed by atoms with Gasteiger partial charge in [-0.25, -0.2) is 0 Å². The Bertz CT molecular complexity index is 579. The van der Waals surface area contributed by atoms with E-state index in [0.717, 1.165) is 9.99 Å². The van der Waals surface area contributed by atoms with Crippen molar-refractivity contribution in [2.24, 2.45) is 0 Å². The minimum Gasteiger partial charge on any atom is -0.495 e. The third-order valence-corrected chi connectivity index (χ3v) is 3.59. The molecule has 1 aromatic heterocycles. The van der Waals surface area contributed by atoms with Crippen molar-refractivity contribution in [3.8, 4) is 5.75 Å². The predicted octanol–water partition coefficient (Wildman–Crippen LogP) is 2.90. The molecule has 0 unspecified atom stereocenters. The van der Waals surface area contributed by atoms with Crippen LogP contribution >= 0.6 is 38.5 Å². The maximum absolute atomic E-state index is 11.9. The molecule has 78 valence electrons. The van der Waals surface area contributed by atoms with E-state index in [1.54, 1.807) is 13.3 Å². The number of hydrogen-bond acceptors (Lipinski definition) is 2. The summed E-state index contributed by atoms with van der Waals surface area (Å²) in [4.78, 5) is 15.0. The number of pyridine rings is 1. The number of aromatic nitrogens is 1. The van der Waals surface area contributed by atoms with Crippen molar-refractivity contribution < 1.29 is 4.74 Å². The van der Waals surface area contributed by atoms with Gasteiger partial charge in [0, 0.05) is 10.7 Å². The van der Waals surface area contributed by atoms with Crippen molar-refractivity contribution in [1.82, 2.24) is 4.98 Å². The number of H-pyrrole nitrogens is 1. The quantitative estimate of drug-likeness (QED) is 0.774. The van der Waals surface area contributed by atoms with Crippen molar-refractivity contribution >= 4 is 49.4 Å². The molecule has 0 aliphatic heterocycles. The third-order valence-electron chi connectivity index (χ3n) is 2.12. The van der Waals surface area contributed by atoms with Gasteiger partial charge in [0.05, 0.1) is 21.6 Å². The van der Waals surface area contributed by atoms with Crippen LogP contribution in [-0.4, -0.2) is 12.1 Å². The topological polar surface area (TPSA) is 42.1 Å². The maximum Gasteiger partial charge on any atom is 0.203 e. The van der Waals surface area contributed by atoms with Crippen LogP contribution in [0.1, 0.15) is 0 Å². The smallest absolute Gasteiger partial charge is 0.203 e. The van der Waals surface area contributed by atoms with Gasteiger partial charge in [-0.2, -0.15) is 0 Å². The first-order valence-electron chi connectivity index (χ1n) is 4.18. The van der Waals surface area contributed by atoms with Crippen LogP contribution in [0.4, 0.5) is 0 Å². The summed E-state index contributed by atoms with van der Waals surface area (Å²) in [5.74, 6) is 0.668. The molecular formula is C10H7BrINO2. The zero-order valence-electron chi connectivity index (χ0n) is 7.80. The van der Waals surface area contributed by atoms with E-state index in [0.29, 0.717) is 14.7 Å². The lowest BCUT2D eigenvalue weighted by Gasteiger charge is -2.06. The van der Waals surface area contributed by atoms with E-state index < -0.39 is 0 Å². The van der Waals surface area contributed by atoms with Crippen LogP contribution in [0.15, 0.2) is 27.6 Å². The number of methoxy groups -OCH3 is 1. The first-order chi connectivity index (χ1) is 7.15. The zero-order valence-corrected chi connectivity index (χ0v) is 11.5. The Labute approximate surface area is 108 Å². The first-order valence-corrected chi connectivity index (χ1v) is 6.05. The second-order valence-electron chi connectivity index (χ2n) is 2.97. The largest absolute Gasteiger partial charge is 0.495 e. The number of ether oxygens (including phenoxy) is 1. The molecule has 1 N–H and O–H groups in total. The lowest BCUT2D eigenvalue weighted by molar-refractivity contribution is 0.419. The SMILES string of the molecule is COc1ccc(Br)c2c(=O)c(I)c[nH]c12. The fraction of sp³-hybridized carbons (Fsp3) is 0.100. The number of fused-ring (bicyclic) bond motifs is 1. The van der Waals surface area contributed by atoms with Gasteiger partial charge in [-0.15, -0.1) is 0 Å². The van der Waals surface area contributed by atoms with Crippen LogP contribution in [0.3, 0.4) is 0 Å². The highest BCUT2D eigenvalue weighted by molar-refractivity contribution is 14.1. The van der Waals surface area contributed by atoms with Gasteiger partial charge in [0.2, 0.25) is 5.43 Å². The van der Waals surface area contributed by atoms with Crippen molar-refractivity contribution in [2.75, 3.05) is 7.11 Å². The van der Waals surface area contributed by atoms with Crippen LogP contribution in [0.5, 0.6) is 5.75 Å². The van der Waals surface area contributed by atoms with Gasteiger partial charge in [-0.1, -0.05) is 0 Å². The van der Waals surface area contributed by atoms with Crippen LogP contribution in [0.2, 0.25) is 0 Å². The molecule has 3 nitrogen and oxygen atoms in total. The van der Waals surface area contributed by atoms with Crippen molar-refractivity contribution in [2.45, 2.75) is 0 Å². The molecule has 5 heteroatoms. The van der Waals surface area contributed by atoms with Crippen LogP contribution in [0.25, 0.3) is 10.9 Å². The Balaban J connectivity index is 3.00. The molecule has 2 rings (SSSR count). The summed E-state index contributed by atoms with van der Waals surface area (Å²) in [6.45, 7) is 0. The zero-order chi connectivity index (χ0) is 11.0. The molecule has 0 saturated heterocycles. The number of nitrogens with one attached hydrogen (secondary N) is 1. The molecule has 0 spiro atoms. The molecule has 0 atom stereocenters. The number of rotatable bonds is 1. The molecular weight excluding hydrogens is 373 g/mol. The fourth-order valence-electron chi connectivity index (χ4n) is 1.41. The molecule has 0 fully saturated rings. The maximum atomic E-state index is 11.9. The van der Waals surface area contributed by atoms with E-state index in [-0.39, 0.29) is 5.43 Å². The van der Waals surface area contributed by atoms with Crippen molar-refractivity contribution in [3.63, 3.8) is 0 Å². The highest BCUT2D eigenvalue weighted by Crippen LogP contribution is 2.27.